The summed E-state index contributed by atoms with van der Waals surface area (Å²) in [6.07, 6.45) is -0.451. The Labute approximate surface area is 153 Å². The molecule has 0 aromatic heterocycles. The van der Waals surface area contributed by atoms with Crippen LogP contribution in [0.1, 0.15) is 19.8 Å². The number of esters is 2. The summed E-state index contributed by atoms with van der Waals surface area (Å²) in [7, 11) is -5.74. The summed E-state index contributed by atoms with van der Waals surface area (Å²) < 4.78 is 66.0. The Balaban J connectivity index is 1.77. The van der Waals surface area contributed by atoms with E-state index in [0.717, 1.165) is 0 Å². The SMILES string of the molecule is C=C(C)C(=O)CC1C2CC3C(OC(=O)C13)C2C(=O)OCC(F)(F)S(=O)(=O)O. The molecule has 6 unspecified atom stereocenters. The summed E-state index contributed by atoms with van der Waals surface area (Å²) in [5.41, 5.74) is 0.299. The molecule has 11 heteroatoms. The Kier molecular flexibility index (Phi) is 4.66. The number of Topliss-reactive ketones (excluding diaryl/α,β-unsaturated/α-hetero) is 1. The Bertz CT molecular complexity index is 820. The maximum Gasteiger partial charge on any atom is 0.402 e. The highest BCUT2D eigenvalue weighted by Gasteiger charge is 2.68. The van der Waals surface area contributed by atoms with Crippen LogP contribution in [0.4, 0.5) is 8.78 Å². The van der Waals surface area contributed by atoms with Gasteiger partial charge in [-0.1, -0.05) is 6.58 Å². The topological polar surface area (TPSA) is 124 Å². The lowest BCUT2D eigenvalue weighted by Gasteiger charge is -2.30. The smallest absolute Gasteiger partial charge is 0.402 e. The summed E-state index contributed by atoms with van der Waals surface area (Å²) in [4.78, 5) is 36.5. The van der Waals surface area contributed by atoms with E-state index in [9.17, 15) is 31.6 Å². The van der Waals surface area contributed by atoms with Gasteiger partial charge in [-0.3, -0.25) is 18.9 Å². The number of hydrogen-bond donors (Lipinski definition) is 1. The van der Waals surface area contributed by atoms with E-state index < -0.39 is 63.7 Å². The van der Waals surface area contributed by atoms with Gasteiger partial charge >= 0.3 is 27.3 Å². The Morgan fingerprint density at radius 1 is 1.37 bits per heavy atom. The zero-order valence-electron chi connectivity index (χ0n) is 14.3. The van der Waals surface area contributed by atoms with E-state index in [0.29, 0.717) is 12.0 Å². The quantitative estimate of drug-likeness (QED) is 0.375. The molecule has 1 aliphatic heterocycles. The zero-order chi connectivity index (χ0) is 20.3. The summed E-state index contributed by atoms with van der Waals surface area (Å²) in [6, 6.07) is 0. The number of fused-ring (bicyclic) bond motifs is 1. The van der Waals surface area contributed by atoms with Gasteiger partial charge < -0.3 is 9.47 Å². The van der Waals surface area contributed by atoms with Crippen LogP contribution in [0, 0.1) is 29.6 Å². The highest BCUT2D eigenvalue weighted by Crippen LogP contribution is 2.61. The molecule has 2 saturated carbocycles. The second-order valence-corrected chi connectivity index (χ2v) is 8.86. The van der Waals surface area contributed by atoms with Crippen LogP contribution in [0.15, 0.2) is 12.2 Å². The van der Waals surface area contributed by atoms with Gasteiger partial charge in [0.2, 0.25) is 0 Å². The number of carbonyl (C=O) groups is 3. The van der Waals surface area contributed by atoms with Gasteiger partial charge in [0.15, 0.2) is 12.4 Å². The van der Waals surface area contributed by atoms with Crippen molar-refractivity contribution in [3.63, 3.8) is 0 Å². The van der Waals surface area contributed by atoms with Crippen molar-refractivity contribution in [2.24, 2.45) is 29.6 Å². The first-order valence-electron chi connectivity index (χ1n) is 8.26. The number of allylic oxidation sites excluding steroid dienone is 1. The van der Waals surface area contributed by atoms with Gasteiger partial charge in [-0.25, -0.2) is 0 Å². The van der Waals surface area contributed by atoms with E-state index in [1.807, 2.05) is 0 Å². The third kappa shape index (κ3) is 3.16. The van der Waals surface area contributed by atoms with Crippen LogP contribution >= 0.6 is 0 Å². The Morgan fingerprint density at radius 2 is 2.00 bits per heavy atom. The fourth-order valence-corrected chi connectivity index (χ4v) is 4.71. The van der Waals surface area contributed by atoms with E-state index in [4.69, 9.17) is 9.29 Å². The van der Waals surface area contributed by atoms with E-state index in [1.54, 1.807) is 0 Å². The minimum atomic E-state index is -5.74. The number of hydrogen-bond acceptors (Lipinski definition) is 7. The summed E-state index contributed by atoms with van der Waals surface area (Å²) >= 11 is 0. The van der Waals surface area contributed by atoms with Crippen LogP contribution in [-0.2, 0) is 34.0 Å². The van der Waals surface area contributed by atoms with Crippen molar-refractivity contribution >= 4 is 27.8 Å². The molecule has 6 atom stereocenters. The Morgan fingerprint density at radius 3 is 2.56 bits per heavy atom. The van der Waals surface area contributed by atoms with Crippen molar-refractivity contribution in [3.05, 3.63) is 12.2 Å². The van der Waals surface area contributed by atoms with Gasteiger partial charge in [0.05, 0.1) is 11.8 Å². The summed E-state index contributed by atoms with van der Waals surface area (Å²) in [6.45, 7) is 3.22. The summed E-state index contributed by atoms with van der Waals surface area (Å²) in [5.74, 6) is -4.83. The average molecular weight is 408 g/mol. The van der Waals surface area contributed by atoms with Crippen LogP contribution in [0.25, 0.3) is 0 Å². The van der Waals surface area contributed by atoms with Gasteiger partial charge in [-0.15, -0.1) is 0 Å². The highest BCUT2D eigenvalue weighted by atomic mass is 32.2. The first-order valence-corrected chi connectivity index (χ1v) is 9.70. The zero-order valence-corrected chi connectivity index (χ0v) is 15.1. The van der Waals surface area contributed by atoms with E-state index in [1.165, 1.54) is 6.92 Å². The van der Waals surface area contributed by atoms with Crippen molar-refractivity contribution < 1.29 is 45.6 Å². The number of rotatable bonds is 7. The van der Waals surface area contributed by atoms with Gasteiger partial charge in [0, 0.05) is 12.3 Å². The molecule has 3 rings (SSSR count). The van der Waals surface area contributed by atoms with Crippen molar-refractivity contribution in [2.75, 3.05) is 6.61 Å². The van der Waals surface area contributed by atoms with Crippen LogP contribution in [0.3, 0.4) is 0 Å². The maximum absolute atomic E-state index is 13.3. The molecule has 2 bridgehead atoms. The van der Waals surface area contributed by atoms with E-state index in [2.05, 4.69) is 11.3 Å². The molecular formula is C16H18F2O8S. The predicted molar refractivity (Wildman–Crippen MR) is 83.8 cm³/mol. The average Bonchev–Trinajstić information content (AvgIpc) is 3.13. The van der Waals surface area contributed by atoms with Gasteiger partial charge in [0.25, 0.3) is 0 Å². The maximum atomic E-state index is 13.3. The molecule has 1 heterocycles. The standard InChI is InChI=1S/C16H18F2O8S/c1-6(2)10(19)4-8-7-3-9-11(8)15(21)26-13(9)12(7)14(20)25-5-16(17,18)27(22,23)24/h7-9,11-13H,1,3-5H2,2H3,(H,22,23,24). The van der Waals surface area contributed by atoms with Crippen LogP contribution in [0.2, 0.25) is 0 Å². The van der Waals surface area contributed by atoms with Crippen LogP contribution < -0.4 is 0 Å². The molecule has 0 radical (unpaired) electrons. The molecule has 3 aliphatic rings. The number of alkyl halides is 2. The lowest BCUT2D eigenvalue weighted by Crippen LogP contribution is -2.42. The number of ketones is 1. The lowest BCUT2D eigenvalue weighted by molar-refractivity contribution is -0.162. The molecule has 0 aromatic rings. The first kappa shape index (κ1) is 19.9. The van der Waals surface area contributed by atoms with Crippen molar-refractivity contribution in [1.82, 2.24) is 0 Å². The molecule has 0 aromatic carbocycles. The van der Waals surface area contributed by atoms with E-state index in [-0.39, 0.29) is 18.1 Å². The molecule has 1 N–H and O–H groups in total. The van der Waals surface area contributed by atoms with Gasteiger partial charge in [0.1, 0.15) is 6.10 Å². The minimum Gasteiger partial charge on any atom is -0.461 e. The van der Waals surface area contributed by atoms with Gasteiger partial charge in [-0.05, 0) is 30.8 Å². The molecular weight excluding hydrogens is 390 g/mol. The Hall–Kier alpha value is -1.88. The number of carbonyl (C=O) groups excluding carboxylic acids is 3. The van der Waals surface area contributed by atoms with Crippen molar-refractivity contribution in [1.29, 1.82) is 0 Å². The third-order valence-electron chi connectivity index (χ3n) is 5.71. The van der Waals surface area contributed by atoms with E-state index >= 15 is 0 Å². The molecule has 0 spiro atoms. The predicted octanol–water partition coefficient (Wildman–Crippen LogP) is 0.969. The molecule has 8 nitrogen and oxygen atoms in total. The van der Waals surface area contributed by atoms with Crippen molar-refractivity contribution in [3.8, 4) is 0 Å². The molecule has 2 aliphatic carbocycles. The normalized spacial score (nSPS) is 34.4. The molecule has 0 amide bonds. The largest absolute Gasteiger partial charge is 0.461 e. The third-order valence-corrected chi connectivity index (χ3v) is 6.58. The number of ether oxygens (including phenoxy) is 2. The summed E-state index contributed by atoms with van der Waals surface area (Å²) in [5, 5.41) is -4.65. The number of halogens is 2. The van der Waals surface area contributed by atoms with Crippen LogP contribution in [0.5, 0.6) is 0 Å². The minimum absolute atomic E-state index is 0.0199. The van der Waals surface area contributed by atoms with Crippen molar-refractivity contribution in [2.45, 2.75) is 31.1 Å². The fraction of sp³-hybridized carbons (Fsp3) is 0.688. The lowest BCUT2D eigenvalue weighted by atomic mass is 9.72. The monoisotopic (exact) mass is 408 g/mol. The molecule has 150 valence electrons. The first-order chi connectivity index (χ1) is 12.3. The molecule has 3 fully saturated rings. The second kappa shape index (κ2) is 6.33. The second-order valence-electron chi connectivity index (χ2n) is 7.31. The van der Waals surface area contributed by atoms with Crippen LogP contribution in [-0.4, -0.2) is 48.7 Å². The molecule has 27 heavy (non-hydrogen) atoms. The fourth-order valence-electron chi connectivity index (χ4n) is 4.51. The highest BCUT2D eigenvalue weighted by molar-refractivity contribution is 7.86. The molecule has 1 saturated heterocycles. The van der Waals surface area contributed by atoms with Gasteiger partial charge in [-0.2, -0.15) is 17.2 Å².